The number of phenolic OH excluding ortho intramolecular Hbond substituents is 1. The first-order chi connectivity index (χ1) is 20.9. The molecule has 43 heavy (non-hydrogen) atoms. The number of hydrogen-bond donors (Lipinski definition) is 5. The van der Waals surface area contributed by atoms with Crippen molar-refractivity contribution in [3.63, 3.8) is 0 Å². The van der Waals surface area contributed by atoms with E-state index < -0.39 is 12.2 Å². The van der Waals surface area contributed by atoms with Crippen molar-refractivity contribution < 1.29 is 24.9 Å². The van der Waals surface area contributed by atoms with Crippen LogP contribution in [0.1, 0.15) is 28.4 Å². The number of nitrogens with zero attached hydrogens (tertiary/aromatic N) is 1. The number of carboxylic acid groups (broad SMARTS) is 1. The number of anilines is 1. The largest absolute Gasteiger partial charge is 0.506 e. The average Bonchev–Trinajstić information content (AvgIpc) is 3.02. The van der Waals surface area contributed by atoms with E-state index in [1.165, 1.54) is 17.0 Å². The van der Waals surface area contributed by atoms with Crippen LogP contribution in [0.15, 0.2) is 108 Å². The van der Waals surface area contributed by atoms with Crippen LogP contribution in [0.2, 0.25) is 0 Å². The molecule has 0 aliphatic rings. The smallest absolute Gasteiger partial charge is 0.412 e. The molecule has 5 aromatic rings. The molecule has 0 saturated heterocycles. The summed E-state index contributed by atoms with van der Waals surface area (Å²) in [6.45, 7) is 1.54. The number of fused-ring (bicyclic) bond motifs is 1. The summed E-state index contributed by atoms with van der Waals surface area (Å²) < 4.78 is 5.97. The number of aromatic amines is 1. The lowest BCUT2D eigenvalue weighted by Crippen LogP contribution is -2.28. The van der Waals surface area contributed by atoms with Gasteiger partial charge in [0.1, 0.15) is 18.1 Å². The highest BCUT2D eigenvalue weighted by Gasteiger charge is 2.16. The molecule has 1 amide bonds. The van der Waals surface area contributed by atoms with E-state index in [1.54, 1.807) is 36.4 Å². The zero-order valence-electron chi connectivity index (χ0n) is 23.4. The number of phenols is 1. The maximum absolute atomic E-state index is 11.9. The molecular formula is C34H33N3O6. The Hall–Kier alpha value is -5.12. The van der Waals surface area contributed by atoms with Gasteiger partial charge in [-0.25, -0.2) is 4.79 Å². The summed E-state index contributed by atoms with van der Waals surface area (Å²) in [5, 5.41) is 34.4. The number of rotatable bonds is 12. The van der Waals surface area contributed by atoms with E-state index in [-0.39, 0.29) is 17.9 Å². The normalized spacial score (nSPS) is 11.7. The maximum atomic E-state index is 11.9. The van der Waals surface area contributed by atoms with Gasteiger partial charge in [-0.15, -0.1) is 0 Å². The second-order valence-corrected chi connectivity index (χ2v) is 10.2. The number of carbonyl (C=O) groups is 1. The minimum Gasteiger partial charge on any atom is -0.506 e. The van der Waals surface area contributed by atoms with Crippen molar-refractivity contribution in [2.75, 3.05) is 18.0 Å². The molecule has 0 bridgehead atoms. The van der Waals surface area contributed by atoms with E-state index in [1.807, 2.05) is 54.6 Å². The van der Waals surface area contributed by atoms with Gasteiger partial charge in [0.2, 0.25) is 5.56 Å². The van der Waals surface area contributed by atoms with Gasteiger partial charge in [-0.1, -0.05) is 66.7 Å². The molecule has 220 valence electrons. The zero-order chi connectivity index (χ0) is 30.2. The third-order valence-corrected chi connectivity index (χ3v) is 7.17. The van der Waals surface area contributed by atoms with Crippen LogP contribution in [0.5, 0.6) is 11.5 Å². The molecule has 0 aliphatic carbocycles. The van der Waals surface area contributed by atoms with Crippen LogP contribution in [0.25, 0.3) is 10.9 Å². The lowest BCUT2D eigenvalue weighted by Gasteiger charge is -2.20. The van der Waals surface area contributed by atoms with Crippen LogP contribution in [-0.2, 0) is 19.6 Å². The monoisotopic (exact) mass is 579 g/mol. The third-order valence-electron chi connectivity index (χ3n) is 7.17. The van der Waals surface area contributed by atoms with E-state index >= 15 is 0 Å². The summed E-state index contributed by atoms with van der Waals surface area (Å²) in [7, 11) is 0. The maximum Gasteiger partial charge on any atom is 0.412 e. The topological polar surface area (TPSA) is 135 Å². The van der Waals surface area contributed by atoms with Crippen LogP contribution in [0.4, 0.5) is 10.5 Å². The predicted octanol–water partition coefficient (Wildman–Crippen LogP) is 5.36. The summed E-state index contributed by atoms with van der Waals surface area (Å²) in [6, 6.07) is 30.7. The molecule has 1 aromatic heterocycles. The Balaban J connectivity index is 1.11. The molecule has 4 aromatic carbocycles. The van der Waals surface area contributed by atoms with Crippen LogP contribution >= 0.6 is 0 Å². The summed E-state index contributed by atoms with van der Waals surface area (Å²) in [5.41, 5.74) is 4.15. The summed E-state index contributed by atoms with van der Waals surface area (Å²) >= 11 is 0. The zero-order valence-corrected chi connectivity index (χ0v) is 23.4. The molecule has 9 nitrogen and oxygen atoms in total. The lowest BCUT2D eigenvalue weighted by atomic mass is 10.0. The van der Waals surface area contributed by atoms with Gasteiger partial charge < -0.3 is 30.4 Å². The van der Waals surface area contributed by atoms with Crippen molar-refractivity contribution in [2.45, 2.75) is 25.7 Å². The molecule has 5 N–H and O–H groups in total. The Morgan fingerprint density at radius 3 is 2.42 bits per heavy atom. The highest BCUT2D eigenvalue weighted by Crippen LogP contribution is 2.28. The molecule has 1 heterocycles. The Morgan fingerprint density at radius 1 is 0.884 bits per heavy atom. The van der Waals surface area contributed by atoms with Gasteiger partial charge in [-0.3, -0.25) is 9.69 Å². The molecule has 0 saturated carbocycles. The predicted molar refractivity (Wildman–Crippen MR) is 166 cm³/mol. The van der Waals surface area contributed by atoms with Gasteiger partial charge in [0, 0.05) is 24.1 Å². The van der Waals surface area contributed by atoms with Crippen LogP contribution in [-0.4, -0.2) is 39.5 Å². The lowest BCUT2D eigenvalue weighted by molar-refractivity contribution is 0.176. The Bertz CT molecular complexity index is 1740. The number of hydrogen-bond acceptors (Lipinski definition) is 6. The standard InChI is InChI=1S/C34H33N3O6/c38-30-15-13-28(29-14-16-32(40)36-33(29)30)31(39)20-35-18-17-23-9-11-25(12-10-23)22-43-27-8-4-7-26(19-27)37(34(41)42)21-24-5-2-1-3-6-24/h1-16,19,31,35,38-39H,17-18,20-22H2,(H,36,40)(H,41,42)/t31-/m0/s1. The fourth-order valence-corrected chi connectivity index (χ4v) is 4.88. The number of amides is 1. The van der Waals surface area contributed by atoms with Gasteiger partial charge in [-0.2, -0.15) is 0 Å². The van der Waals surface area contributed by atoms with E-state index in [0.29, 0.717) is 47.6 Å². The highest BCUT2D eigenvalue weighted by atomic mass is 16.5. The summed E-state index contributed by atoms with van der Waals surface area (Å²) in [5.74, 6) is 0.541. The number of pyridine rings is 1. The average molecular weight is 580 g/mol. The fraction of sp³-hybridized carbons (Fsp3) is 0.176. The number of H-pyrrole nitrogens is 1. The van der Waals surface area contributed by atoms with Crippen molar-refractivity contribution in [1.82, 2.24) is 10.3 Å². The molecule has 0 unspecified atom stereocenters. The van der Waals surface area contributed by atoms with Gasteiger partial charge >= 0.3 is 6.09 Å². The van der Waals surface area contributed by atoms with Crippen LogP contribution < -0.4 is 20.5 Å². The Kier molecular flexibility index (Phi) is 9.36. The number of ether oxygens (including phenoxy) is 1. The van der Waals surface area contributed by atoms with Gasteiger partial charge in [0.15, 0.2) is 0 Å². The third kappa shape index (κ3) is 7.59. The second-order valence-electron chi connectivity index (χ2n) is 10.2. The number of benzene rings is 4. The number of nitrogens with one attached hydrogen (secondary N) is 2. The molecule has 1 atom stereocenters. The van der Waals surface area contributed by atoms with E-state index in [4.69, 9.17) is 4.74 Å². The highest BCUT2D eigenvalue weighted by molar-refractivity contribution is 5.87. The number of aromatic hydroxyl groups is 1. The minimum atomic E-state index is -1.04. The molecule has 9 heteroatoms. The van der Waals surface area contributed by atoms with Gasteiger partial charge in [-0.05, 0) is 59.5 Å². The molecule has 0 radical (unpaired) electrons. The van der Waals surface area contributed by atoms with Crippen molar-refractivity contribution in [2.24, 2.45) is 0 Å². The van der Waals surface area contributed by atoms with Crippen molar-refractivity contribution >= 4 is 22.7 Å². The molecule has 0 fully saturated rings. The summed E-state index contributed by atoms with van der Waals surface area (Å²) in [6.07, 6.45) is -1.09. The molecule has 5 rings (SSSR count). The first-order valence-corrected chi connectivity index (χ1v) is 14.0. The van der Waals surface area contributed by atoms with E-state index in [9.17, 15) is 24.9 Å². The summed E-state index contributed by atoms with van der Waals surface area (Å²) in [4.78, 5) is 27.5. The quantitative estimate of drug-likeness (QED) is 0.126. The van der Waals surface area contributed by atoms with Crippen LogP contribution in [0.3, 0.4) is 0 Å². The van der Waals surface area contributed by atoms with Crippen LogP contribution in [0, 0.1) is 0 Å². The Morgan fingerprint density at radius 2 is 1.65 bits per heavy atom. The van der Waals surface area contributed by atoms with Crippen molar-refractivity contribution in [3.8, 4) is 11.5 Å². The molecular weight excluding hydrogens is 546 g/mol. The number of aromatic nitrogens is 1. The second kappa shape index (κ2) is 13.7. The SMILES string of the molecule is O=C(O)N(Cc1ccccc1)c1cccc(OCc2ccc(CCNC[C@H](O)c3ccc(O)c4[nH]c(=O)ccc34)cc2)c1. The van der Waals surface area contributed by atoms with E-state index in [2.05, 4.69) is 10.3 Å². The Labute approximate surface area is 248 Å². The number of aliphatic hydroxyl groups excluding tert-OH is 1. The first kappa shape index (κ1) is 29.4. The first-order valence-electron chi connectivity index (χ1n) is 14.0. The van der Waals surface area contributed by atoms with Crippen molar-refractivity contribution in [1.29, 1.82) is 0 Å². The molecule has 0 spiro atoms. The molecule has 0 aliphatic heterocycles. The number of aliphatic hydroxyl groups is 1. The fourth-order valence-electron chi connectivity index (χ4n) is 4.88. The van der Waals surface area contributed by atoms with Gasteiger partial charge in [0.05, 0.1) is 23.9 Å². The van der Waals surface area contributed by atoms with Crippen molar-refractivity contribution in [3.05, 3.63) is 136 Å². The van der Waals surface area contributed by atoms with E-state index in [0.717, 1.165) is 23.1 Å². The minimum absolute atomic E-state index is 0.0392. The van der Waals surface area contributed by atoms with Gasteiger partial charge in [0.25, 0.3) is 0 Å².